The Morgan fingerprint density at radius 2 is 1.81 bits per heavy atom. The minimum absolute atomic E-state index is 0.0876. The van der Waals surface area contributed by atoms with E-state index in [1.807, 2.05) is 35.7 Å². The van der Waals surface area contributed by atoms with Crippen LogP contribution in [-0.4, -0.2) is 23.5 Å². The third-order valence-electron chi connectivity index (χ3n) is 3.87. The molecule has 0 aliphatic carbocycles. The van der Waals surface area contributed by atoms with Crippen LogP contribution in [0.5, 0.6) is 0 Å². The highest BCUT2D eigenvalue weighted by Crippen LogP contribution is 2.22. The number of hydrogen-bond acceptors (Lipinski definition) is 5. The lowest BCUT2D eigenvalue weighted by atomic mass is 10.2. The van der Waals surface area contributed by atoms with E-state index >= 15 is 0 Å². The number of amides is 1. The maximum atomic E-state index is 12.2. The Morgan fingerprint density at radius 1 is 1.07 bits per heavy atom. The Labute approximate surface area is 162 Å². The molecule has 0 saturated carbocycles. The fraction of sp³-hybridized carbons (Fsp3) is 0.190. The zero-order valence-corrected chi connectivity index (χ0v) is 15.8. The molecule has 27 heavy (non-hydrogen) atoms. The minimum Gasteiger partial charge on any atom is -0.462 e. The van der Waals surface area contributed by atoms with E-state index in [-0.39, 0.29) is 11.9 Å². The highest BCUT2D eigenvalue weighted by atomic mass is 32.1. The molecule has 1 N–H and O–H groups in total. The van der Waals surface area contributed by atoms with E-state index in [1.54, 1.807) is 42.5 Å². The second kappa shape index (κ2) is 9.09. The van der Waals surface area contributed by atoms with E-state index in [9.17, 15) is 9.59 Å². The van der Waals surface area contributed by atoms with Gasteiger partial charge in [0.2, 0.25) is 5.91 Å². The van der Waals surface area contributed by atoms with E-state index < -0.39 is 0 Å². The average Bonchev–Trinajstić information content (AvgIpc) is 3.17. The molecule has 0 aliphatic heterocycles. The first-order chi connectivity index (χ1) is 13.2. The molecule has 0 atom stereocenters. The molecule has 1 aromatic heterocycles. The van der Waals surface area contributed by atoms with Crippen LogP contribution in [0, 0.1) is 0 Å². The summed E-state index contributed by atoms with van der Waals surface area (Å²) in [4.78, 5) is 28.4. The van der Waals surface area contributed by atoms with Gasteiger partial charge >= 0.3 is 5.97 Å². The fourth-order valence-corrected chi connectivity index (χ4v) is 3.32. The van der Waals surface area contributed by atoms with Gasteiger partial charge in [-0.2, -0.15) is 0 Å². The summed E-state index contributed by atoms with van der Waals surface area (Å²) in [7, 11) is 0. The van der Waals surface area contributed by atoms with Gasteiger partial charge in [0.1, 0.15) is 0 Å². The molecule has 0 bridgehead atoms. The Hall–Kier alpha value is -2.99. The molecule has 3 rings (SSSR count). The topological polar surface area (TPSA) is 68.3 Å². The Bertz CT molecular complexity index is 905. The predicted octanol–water partition coefficient (Wildman–Crippen LogP) is 4.56. The number of aromatic nitrogens is 1. The summed E-state index contributed by atoms with van der Waals surface area (Å²) in [5, 5.41) is 5.78. The van der Waals surface area contributed by atoms with Gasteiger partial charge in [0.15, 0.2) is 0 Å². The summed E-state index contributed by atoms with van der Waals surface area (Å²) < 4.78 is 4.94. The summed E-state index contributed by atoms with van der Waals surface area (Å²) in [6, 6.07) is 16.6. The molecule has 0 radical (unpaired) electrons. The Kier molecular flexibility index (Phi) is 6.33. The summed E-state index contributed by atoms with van der Waals surface area (Å²) in [5.74, 6) is -0.455. The average molecular weight is 380 g/mol. The number of carbonyl (C=O) groups excluding carboxylic acids is 2. The molecule has 2 aromatic carbocycles. The molecule has 6 heteroatoms. The Morgan fingerprint density at radius 3 is 2.52 bits per heavy atom. The van der Waals surface area contributed by atoms with Crippen LogP contribution in [0.1, 0.15) is 28.7 Å². The number of ether oxygens (including phenoxy) is 1. The van der Waals surface area contributed by atoms with Crippen molar-refractivity contribution in [2.24, 2.45) is 0 Å². The zero-order chi connectivity index (χ0) is 19.1. The van der Waals surface area contributed by atoms with Crippen molar-refractivity contribution in [2.75, 3.05) is 11.9 Å². The minimum atomic E-state index is -0.367. The van der Waals surface area contributed by atoms with E-state index in [4.69, 9.17) is 4.74 Å². The third-order valence-corrected chi connectivity index (χ3v) is 4.78. The van der Waals surface area contributed by atoms with Crippen LogP contribution in [0.4, 0.5) is 5.69 Å². The van der Waals surface area contributed by atoms with Crippen molar-refractivity contribution in [1.82, 2.24) is 4.98 Å². The van der Waals surface area contributed by atoms with Gasteiger partial charge in [-0.05, 0) is 31.2 Å². The van der Waals surface area contributed by atoms with Crippen LogP contribution in [0.15, 0.2) is 60.0 Å². The van der Waals surface area contributed by atoms with Crippen LogP contribution in [0.3, 0.4) is 0 Å². The second-order valence-electron chi connectivity index (χ2n) is 5.84. The molecule has 1 heterocycles. The first-order valence-electron chi connectivity index (χ1n) is 8.72. The predicted molar refractivity (Wildman–Crippen MR) is 107 cm³/mol. The standard InChI is InChI=1S/C21H20N2O3S/c1-2-26-21(25)16-8-10-17(11-9-16)22-19(24)12-13-20-23-18(14-27-20)15-6-4-3-5-7-15/h3-11,14H,2,12-13H2,1H3,(H,22,24). The van der Waals surface area contributed by atoms with Gasteiger partial charge in [-0.3, -0.25) is 4.79 Å². The molecule has 3 aromatic rings. The number of aryl methyl sites for hydroxylation is 1. The lowest BCUT2D eigenvalue weighted by molar-refractivity contribution is -0.116. The highest BCUT2D eigenvalue weighted by molar-refractivity contribution is 7.09. The van der Waals surface area contributed by atoms with Crippen molar-refractivity contribution in [2.45, 2.75) is 19.8 Å². The number of benzene rings is 2. The molecule has 0 saturated heterocycles. The van der Waals surface area contributed by atoms with Crippen LogP contribution >= 0.6 is 11.3 Å². The highest BCUT2D eigenvalue weighted by Gasteiger charge is 2.09. The number of rotatable bonds is 7. The van der Waals surface area contributed by atoms with E-state index in [2.05, 4.69) is 10.3 Å². The summed E-state index contributed by atoms with van der Waals surface area (Å²) >= 11 is 1.56. The maximum absolute atomic E-state index is 12.2. The van der Waals surface area contributed by atoms with Gasteiger partial charge in [0.05, 0.1) is 22.9 Å². The van der Waals surface area contributed by atoms with Crippen LogP contribution in [-0.2, 0) is 16.0 Å². The number of nitrogens with zero attached hydrogens (tertiary/aromatic N) is 1. The number of esters is 1. The van der Waals surface area contributed by atoms with Gasteiger partial charge in [-0.1, -0.05) is 30.3 Å². The van der Waals surface area contributed by atoms with E-state index in [0.29, 0.717) is 30.7 Å². The van der Waals surface area contributed by atoms with Gasteiger partial charge in [-0.25, -0.2) is 9.78 Å². The van der Waals surface area contributed by atoms with E-state index in [1.165, 1.54) is 0 Å². The summed E-state index contributed by atoms with van der Waals surface area (Å²) in [6.07, 6.45) is 0.936. The zero-order valence-electron chi connectivity index (χ0n) is 15.0. The number of nitrogens with one attached hydrogen (secondary N) is 1. The van der Waals surface area contributed by atoms with Crippen molar-refractivity contribution < 1.29 is 14.3 Å². The van der Waals surface area contributed by atoms with E-state index in [0.717, 1.165) is 16.3 Å². The van der Waals surface area contributed by atoms with Crippen LogP contribution in [0.2, 0.25) is 0 Å². The smallest absolute Gasteiger partial charge is 0.338 e. The van der Waals surface area contributed by atoms with Gasteiger partial charge in [-0.15, -0.1) is 11.3 Å². The number of anilines is 1. The van der Waals surface area contributed by atoms with Crippen LogP contribution < -0.4 is 5.32 Å². The first kappa shape index (κ1) is 18.8. The molecule has 5 nitrogen and oxygen atoms in total. The molecule has 0 aliphatic rings. The largest absolute Gasteiger partial charge is 0.462 e. The number of thiazole rings is 1. The first-order valence-corrected chi connectivity index (χ1v) is 9.60. The fourth-order valence-electron chi connectivity index (χ4n) is 2.52. The SMILES string of the molecule is CCOC(=O)c1ccc(NC(=O)CCc2nc(-c3ccccc3)cs2)cc1. The monoisotopic (exact) mass is 380 g/mol. The van der Waals surface area contributed by atoms with Crippen LogP contribution in [0.25, 0.3) is 11.3 Å². The van der Waals surface area contributed by atoms with Gasteiger partial charge < -0.3 is 10.1 Å². The van der Waals surface area contributed by atoms with Gasteiger partial charge in [0.25, 0.3) is 0 Å². The number of carbonyl (C=O) groups is 2. The second-order valence-corrected chi connectivity index (χ2v) is 6.78. The van der Waals surface area contributed by atoms with Crippen molar-refractivity contribution in [3.8, 4) is 11.3 Å². The summed E-state index contributed by atoms with van der Waals surface area (Å²) in [5.41, 5.74) is 3.12. The maximum Gasteiger partial charge on any atom is 0.338 e. The summed E-state index contributed by atoms with van der Waals surface area (Å²) in [6.45, 7) is 2.10. The lowest BCUT2D eigenvalue weighted by Crippen LogP contribution is -2.12. The van der Waals surface area contributed by atoms with Crippen molar-refractivity contribution >= 4 is 28.9 Å². The quantitative estimate of drug-likeness (QED) is 0.610. The molecule has 1 amide bonds. The van der Waals surface area contributed by atoms with Crippen molar-refractivity contribution in [1.29, 1.82) is 0 Å². The Balaban J connectivity index is 1.51. The van der Waals surface area contributed by atoms with Gasteiger partial charge in [0, 0.05) is 29.5 Å². The lowest BCUT2D eigenvalue weighted by Gasteiger charge is -2.06. The molecular weight excluding hydrogens is 360 g/mol. The molecule has 0 fully saturated rings. The number of hydrogen-bond donors (Lipinski definition) is 1. The third kappa shape index (κ3) is 5.24. The molecule has 0 unspecified atom stereocenters. The molecule has 0 spiro atoms. The van der Waals surface area contributed by atoms with Crippen molar-refractivity contribution in [3.63, 3.8) is 0 Å². The van der Waals surface area contributed by atoms with Crippen molar-refractivity contribution in [3.05, 3.63) is 70.5 Å². The molecular formula is C21H20N2O3S. The molecule has 138 valence electrons. The normalized spacial score (nSPS) is 10.4.